The molecule has 2 aromatic heterocycles. The number of piperidine rings is 1. The molecule has 0 bridgehead atoms. The highest BCUT2D eigenvalue weighted by atomic mass is 16.5. The van der Waals surface area contributed by atoms with Crippen molar-refractivity contribution in [2.24, 2.45) is 5.92 Å². The number of anilines is 1. The first-order chi connectivity index (χ1) is 13.5. The Morgan fingerprint density at radius 3 is 2.75 bits per heavy atom. The van der Waals surface area contributed by atoms with Gasteiger partial charge in [-0.05, 0) is 65.8 Å². The van der Waals surface area contributed by atoms with Gasteiger partial charge in [0.25, 0.3) is 0 Å². The molecule has 2 aliphatic heterocycles. The van der Waals surface area contributed by atoms with Crippen LogP contribution in [0.2, 0.25) is 0 Å². The number of fused-ring (bicyclic) bond motifs is 1. The minimum Gasteiger partial charge on any atom is -0.381 e. The highest BCUT2D eigenvalue weighted by molar-refractivity contribution is 5.55. The third kappa shape index (κ3) is 4.03. The summed E-state index contributed by atoms with van der Waals surface area (Å²) < 4.78 is 7.56. The van der Waals surface area contributed by atoms with Crippen molar-refractivity contribution in [1.82, 2.24) is 19.5 Å². The summed E-state index contributed by atoms with van der Waals surface area (Å²) in [5, 5.41) is 8.72. The van der Waals surface area contributed by atoms with Gasteiger partial charge in [-0.3, -0.25) is 0 Å². The van der Waals surface area contributed by atoms with Gasteiger partial charge in [-0.1, -0.05) is 0 Å². The number of ether oxygens (including phenoxy) is 1. The predicted molar refractivity (Wildman–Crippen MR) is 113 cm³/mol. The van der Waals surface area contributed by atoms with E-state index in [0.29, 0.717) is 17.9 Å². The molecular weight excluding hydrogens is 350 g/mol. The van der Waals surface area contributed by atoms with Crippen LogP contribution < -0.4 is 5.32 Å². The molecule has 2 fully saturated rings. The van der Waals surface area contributed by atoms with Crippen LogP contribution in [0.15, 0.2) is 6.07 Å². The molecule has 28 heavy (non-hydrogen) atoms. The van der Waals surface area contributed by atoms with Crippen LogP contribution in [0, 0.1) is 19.8 Å². The van der Waals surface area contributed by atoms with Gasteiger partial charge in [0.2, 0.25) is 0 Å². The van der Waals surface area contributed by atoms with E-state index in [1.165, 1.54) is 31.5 Å². The van der Waals surface area contributed by atoms with Gasteiger partial charge in [0.05, 0.1) is 5.69 Å². The Kier molecular flexibility index (Phi) is 5.88. The van der Waals surface area contributed by atoms with Crippen molar-refractivity contribution in [2.75, 3.05) is 38.2 Å². The van der Waals surface area contributed by atoms with Crippen molar-refractivity contribution in [3.63, 3.8) is 0 Å². The molecule has 0 radical (unpaired) electrons. The zero-order valence-electron chi connectivity index (χ0n) is 17.9. The molecule has 0 amide bonds. The Balaban J connectivity index is 1.55. The van der Waals surface area contributed by atoms with Crippen LogP contribution >= 0.6 is 0 Å². The molecule has 0 aromatic carbocycles. The number of nitrogens with one attached hydrogen (secondary N) is 1. The maximum Gasteiger partial charge on any atom is 0.157 e. The number of aromatic nitrogens is 3. The van der Waals surface area contributed by atoms with Gasteiger partial charge >= 0.3 is 0 Å². The zero-order chi connectivity index (χ0) is 19.7. The molecule has 1 atom stereocenters. The second kappa shape index (κ2) is 8.37. The number of likely N-dealkylation sites (tertiary alicyclic amines) is 1. The first-order valence-electron chi connectivity index (χ1n) is 11.0. The van der Waals surface area contributed by atoms with E-state index in [-0.39, 0.29) is 0 Å². The lowest BCUT2D eigenvalue weighted by Crippen LogP contribution is -2.42. The van der Waals surface area contributed by atoms with Crippen molar-refractivity contribution >= 4 is 11.5 Å². The Labute approximate surface area is 168 Å². The van der Waals surface area contributed by atoms with E-state index in [1.807, 2.05) is 4.52 Å². The summed E-state index contributed by atoms with van der Waals surface area (Å²) in [5.41, 5.74) is 4.40. The van der Waals surface area contributed by atoms with E-state index in [2.05, 4.69) is 44.0 Å². The molecule has 6 heteroatoms. The smallest absolute Gasteiger partial charge is 0.157 e. The first-order valence-corrected chi connectivity index (χ1v) is 11.0. The fourth-order valence-electron chi connectivity index (χ4n) is 4.59. The number of nitrogens with zero attached hydrogens (tertiary/aromatic N) is 4. The fourth-order valence-corrected chi connectivity index (χ4v) is 4.59. The Morgan fingerprint density at radius 2 is 2.00 bits per heavy atom. The molecule has 154 valence electrons. The number of hydrogen-bond acceptors (Lipinski definition) is 5. The number of aryl methyl sites for hydroxylation is 1. The summed E-state index contributed by atoms with van der Waals surface area (Å²) in [5.74, 6) is 2.29. The summed E-state index contributed by atoms with van der Waals surface area (Å²) in [6, 6.07) is 2.81. The van der Waals surface area contributed by atoms with Crippen molar-refractivity contribution in [2.45, 2.75) is 65.3 Å². The van der Waals surface area contributed by atoms with Gasteiger partial charge in [0.1, 0.15) is 5.82 Å². The summed E-state index contributed by atoms with van der Waals surface area (Å²) in [7, 11) is 0. The first kappa shape index (κ1) is 19.6. The van der Waals surface area contributed by atoms with Gasteiger partial charge in [-0.25, -0.2) is 4.98 Å². The van der Waals surface area contributed by atoms with E-state index in [4.69, 9.17) is 14.8 Å². The summed E-state index contributed by atoms with van der Waals surface area (Å²) in [6.45, 7) is 13.9. The molecule has 2 aliphatic rings. The number of hydrogen-bond donors (Lipinski definition) is 1. The van der Waals surface area contributed by atoms with Crippen molar-refractivity contribution < 1.29 is 4.74 Å². The van der Waals surface area contributed by atoms with Crippen LogP contribution in [0.25, 0.3) is 5.65 Å². The van der Waals surface area contributed by atoms with Gasteiger partial charge in [-0.15, -0.1) is 0 Å². The quantitative estimate of drug-likeness (QED) is 0.849. The molecule has 0 unspecified atom stereocenters. The maximum absolute atomic E-state index is 5.52. The minimum absolute atomic E-state index is 0.488. The van der Waals surface area contributed by atoms with E-state index in [1.54, 1.807) is 0 Å². The topological polar surface area (TPSA) is 54.7 Å². The maximum atomic E-state index is 5.52. The lowest BCUT2D eigenvalue weighted by atomic mass is 9.97. The molecule has 4 heterocycles. The van der Waals surface area contributed by atoms with E-state index in [0.717, 1.165) is 55.5 Å². The van der Waals surface area contributed by atoms with Crippen LogP contribution in [0.5, 0.6) is 0 Å². The summed E-state index contributed by atoms with van der Waals surface area (Å²) in [4.78, 5) is 7.41. The molecule has 4 rings (SSSR count). The average molecular weight is 386 g/mol. The lowest BCUT2D eigenvalue weighted by molar-refractivity contribution is 0.0844. The second-order valence-electron chi connectivity index (χ2n) is 8.87. The molecular formula is C22H35N5O. The van der Waals surface area contributed by atoms with Crippen LogP contribution in [0.4, 0.5) is 5.82 Å². The molecule has 0 saturated carbocycles. The van der Waals surface area contributed by atoms with Crippen molar-refractivity contribution in [3.05, 3.63) is 23.0 Å². The number of rotatable bonds is 5. The third-order valence-corrected chi connectivity index (χ3v) is 6.58. The van der Waals surface area contributed by atoms with Gasteiger partial charge < -0.3 is 15.0 Å². The monoisotopic (exact) mass is 385 g/mol. The molecule has 2 aromatic rings. The SMILES string of the molecule is Cc1nc2cc(C3CCOCC3)nn2c(NC[C@H]2CCCN(C(C)C)C2)c1C. The largest absolute Gasteiger partial charge is 0.381 e. The van der Waals surface area contributed by atoms with Crippen LogP contribution in [-0.4, -0.2) is 58.4 Å². The normalized spacial score (nSPS) is 22.2. The Bertz CT molecular complexity index is 809. The van der Waals surface area contributed by atoms with Gasteiger partial charge in [0.15, 0.2) is 5.65 Å². The van der Waals surface area contributed by atoms with Crippen molar-refractivity contribution in [3.8, 4) is 0 Å². The third-order valence-electron chi connectivity index (χ3n) is 6.58. The zero-order valence-corrected chi connectivity index (χ0v) is 17.9. The van der Waals surface area contributed by atoms with E-state index < -0.39 is 0 Å². The average Bonchev–Trinajstić information content (AvgIpc) is 3.13. The molecule has 0 aliphatic carbocycles. The highest BCUT2D eigenvalue weighted by Crippen LogP contribution is 2.29. The second-order valence-corrected chi connectivity index (χ2v) is 8.87. The van der Waals surface area contributed by atoms with Crippen LogP contribution in [-0.2, 0) is 4.74 Å². The van der Waals surface area contributed by atoms with E-state index in [9.17, 15) is 0 Å². The minimum atomic E-state index is 0.488. The lowest BCUT2D eigenvalue weighted by Gasteiger charge is -2.35. The van der Waals surface area contributed by atoms with Crippen LogP contribution in [0.3, 0.4) is 0 Å². The molecule has 1 N–H and O–H groups in total. The molecule has 0 spiro atoms. The Morgan fingerprint density at radius 1 is 1.21 bits per heavy atom. The van der Waals surface area contributed by atoms with E-state index >= 15 is 0 Å². The standard InChI is InChI=1S/C22H35N5O/c1-15(2)26-9-5-6-18(14-26)13-23-22-16(3)17(4)24-21-12-20(25-27(21)22)19-7-10-28-11-8-19/h12,15,18-19,23H,5-11,13-14H2,1-4H3/t18-/m1/s1. The Hall–Kier alpha value is -1.66. The predicted octanol–water partition coefficient (Wildman–Crippen LogP) is 3.77. The molecule has 6 nitrogen and oxygen atoms in total. The van der Waals surface area contributed by atoms with Gasteiger partial charge in [0, 0.05) is 55.6 Å². The fraction of sp³-hybridized carbons (Fsp3) is 0.727. The van der Waals surface area contributed by atoms with Crippen molar-refractivity contribution in [1.29, 1.82) is 0 Å². The van der Waals surface area contributed by atoms with Crippen LogP contribution in [0.1, 0.15) is 62.4 Å². The van der Waals surface area contributed by atoms with Gasteiger partial charge in [-0.2, -0.15) is 9.61 Å². The summed E-state index contributed by atoms with van der Waals surface area (Å²) in [6.07, 6.45) is 4.70. The molecule has 2 saturated heterocycles. The summed E-state index contributed by atoms with van der Waals surface area (Å²) >= 11 is 0. The highest BCUT2D eigenvalue weighted by Gasteiger charge is 2.23.